The quantitative estimate of drug-likeness (QED) is 0.335. The fraction of sp³-hybridized carbons (Fsp3) is 0.194. The number of rotatable bonds is 8. The van der Waals surface area contributed by atoms with E-state index >= 15 is 0 Å². The summed E-state index contributed by atoms with van der Waals surface area (Å²) in [5.74, 6) is 0.627. The molecule has 0 fully saturated rings. The molecule has 0 saturated heterocycles. The summed E-state index contributed by atoms with van der Waals surface area (Å²) in [5.41, 5.74) is 5.70. The average molecular weight is 464 g/mol. The van der Waals surface area contributed by atoms with E-state index in [1.807, 2.05) is 66.7 Å². The van der Waals surface area contributed by atoms with Gasteiger partial charge in [0, 0.05) is 6.04 Å². The van der Waals surface area contributed by atoms with E-state index in [0.717, 1.165) is 28.9 Å². The number of fused-ring (bicyclic) bond motifs is 1. The molecule has 0 radical (unpaired) electrons. The fourth-order valence-electron chi connectivity index (χ4n) is 4.56. The van der Waals surface area contributed by atoms with Crippen LogP contribution in [-0.4, -0.2) is 12.0 Å². The Bertz CT molecular complexity index is 1260. The van der Waals surface area contributed by atoms with Crippen LogP contribution in [0.25, 0.3) is 0 Å². The Morgan fingerprint density at radius 1 is 0.743 bits per heavy atom. The maximum absolute atomic E-state index is 12.9. The SMILES string of the molecule is O=C(OCc1ccccc1)[C@@H]1Cc2ccccc2[C@@H](Cc2cccc(OCc3ccccc3)c2)N1. The lowest BCUT2D eigenvalue weighted by atomic mass is 9.87. The molecule has 0 amide bonds. The van der Waals surface area contributed by atoms with Gasteiger partial charge in [0.15, 0.2) is 0 Å². The van der Waals surface area contributed by atoms with Crippen LogP contribution >= 0.6 is 0 Å². The minimum absolute atomic E-state index is 0.0126. The predicted octanol–water partition coefficient (Wildman–Crippen LogP) is 5.81. The van der Waals surface area contributed by atoms with Gasteiger partial charge in [0.2, 0.25) is 0 Å². The molecule has 4 aromatic rings. The molecular weight excluding hydrogens is 434 g/mol. The molecule has 176 valence electrons. The van der Waals surface area contributed by atoms with E-state index in [-0.39, 0.29) is 24.7 Å². The Balaban J connectivity index is 1.27. The summed E-state index contributed by atoms with van der Waals surface area (Å²) in [6.07, 6.45) is 1.38. The van der Waals surface area contributed by atoms with Gasteiger partial charge in [-0.1, -0.05) is 97.1 Å². The normalized spacial score (nSPS) is 16.8. The molecule has 1 aliphatic rings. The van der Waals surface area contributed by atoms with Crippen molar-refractivity contribution in [2.75, 3.05) is 0 Å². The lowest BCUT2D eigenvalue weighted by Crippen LogP contribution is -2.46. The van der Waals surface area contributed by atoms with Gasteiger partial charge in [0.1, 0.15) is 25.0 Å². The van der Waals surface area contributed by atoms with Crippen molar-refractivity contribution in [3.63, 3.8) is 0 Å². The molecule has 0 spiro atoms. The topological polar surface area (TPSA) is 47.6 Å². The van der Waals surface area contributed by atoms with Gasteiger partial charge in [0.05, 0.1) is 0 Å². The van der Waals surface area contributed by atoms with E-state index in [1.165, 1.54) is 11.1 Å². The first-order valence-electron chi connectivity index (χ1n) is 12.0. The van der Waals surface area contributed by atoms with Crippen LogP contribution < -0.4 is 10.1 Å². The maximum atomic E-state index is 12.9. The molecule has 35 heavy (non-hydrogen) atoms. The van der Waals surface area contributed by atoms with Gasteiger partial charge in [-0.15, -0.1) is 0 Å². The van der Waals surface area contributed by atoms with Crippen LogP contribution in [0.3, 0.4) is 0 Å². The number of carbonyl (C=O) groups excluding carboxylic acids is 1. The number of esters is 1. The molecule has 1 heterocycles. The third kappa shape index (κ3) is 5.97. The van der Waals surface area contributed by atoms with Crippen molar-refractivity contribution in [1.82, 2.24) is 5.32 Å². The fourth-order valence-corrected chi connectivity index (χ4v) is 4.56. The van der Waals surface area contributed by atoms with Crippen molar-refractivity contribution in [1.29, 1.82) is 0 Å². The maximum Gasteiger partial charge on any atom is 0.323 e. The Hall–Kier alpha value is -3.89. The first-order valence-corrected chi connectivity index (χ1v) is 12.0. The van der Waals surface area contributed by atoms with Gasteiger partial charge >= 0.3 is 5.97 Å². The molecular formula is C31H29NO3. The summed E-state index contributed by atoms with van der Waals surface area (Å²) in [7, 11) is 0. The van der Waals surface area contributed by atoms with E-state index in [4.69, 9.17) is 9.47 Å². The number of nitrogens with one attached hydrogen (secondary N) is 1. The second-order valence-corrected chi connectivity index (χ2v) is 8.89. The number of benzene rings is 4. The van der Waals surface area contributed by atoms with E-state index in [9.17, 15) is 4.79 Å². The van der Waals surface area contributed by atoms with Crippen LogP contribution in [0.15, 0.2) is 109 Å². The number of hydrogen-bond acceptors (Lipinski definition) is 4. The number of carbonyl (C=O) groups is 1. The zero-order chi connectivity index (χ0) is 23.9. The molecule has 4 heteroatoms. The highest BCUT2D eigenvalue weighted by molar-refractivity contribution is 5.77. The summed E-state index contributed by atoms with van der Waals surface area (Å²) in [6.45, 7) is 0.815. The molecule has 2 atom stereocenters. The average Bonchev–Trinajstić information content (AvgIpc) is 2.92. The Labute approximate surface area is 206 Å². The lowest BCUT2D eigenvalue weighted by Gasteiger charge is -2.32. The standard InChI is InChI=1S/C31H29NO3/c33-31(35-22-24-12-5-2-6-13-24)30-20-26-15-7-8-17-28(26)29(32-30)19-25-14-9-16-27(18-25)34-21-23-10-3-1-4-11-23/h1-18,29-30,32H,19-22H2/t29-,30+/m1/s1. The van der Waals surface area contributed by atoms with E-state index in [2.05, 4.69) is 47.8 Å². The molecule has 0 unspecified atom stereocenters. The minimum atomic E-state index is -0.379. The van der Waals surface area contributed by atoms with Crippen LogP contribution in [0, 0.1) is 0 Å². The molecule has 0 bridgehead atoms. The summed E-state index contributed by atoms with van der Waals surface area (Å²) in [5, 5.41) is 3.56. The van der Waals surface area contributed by atoms with Crippen molar-refractivity contribution < 1.29 is 14.3 Å². The zero-order valence-electron chi connectivity index (χ0n) is 19.6. The van der Waals surface area contributed by atoms with Gasteiger partial charge in [-0.05, 0) is 52.8 Å². The summed E-state index contributed by atoms with van der Waals surface area (Å²) < 4.78 is 11.7. The molecule has 4 nitrogen and oxygen atoms in total. The van der Waals surface area contributed by atoms with E-state index in [0.29, 0.717) is 13.0 Å². The molecule has 1 aliphatic heterocycles. The molecule has 5 rings (SSSR count). The van der Waals surface area contributed by atoms with Crippen molar-refractivity contribution in [2.24, 2.45) is 0 Å². The molecule has 0 aromatic heterocycles. The minimum Gasteiger partial charge on any atom is -0.489 e. The number of ether oxygens (including phenoxy) is 2. The Kier molecular flexibility index (Phi) is 7.21. The molecule has 0 saturated carbocycles. The van der Waals surface area contributed by atoms with Crippen molar-refractivity contribution in [3.05, 3.63) is 137 Å². The van der Waals surface area contributed by atoms with Crippen molar-refractivity contribution in [2.45, 2.75) is 38.1 Å². The zero-order valence-corrected chi connectivity index (χ0v) is 19.6. The molecule has 1 N–H and O–H groups in total. The first kappa shape index (κ1) is 22.9. The van der Waals surface area contributed by atoms with Crippen LogP contribution in [0.4, 0.5) is 0 Å². The second-order valence-electron chi connectivity index (χ2n) is 8.89. The Morgan fingerprint density at radius 2 is 1.40 bits per heavy atom. The van der Waals surface area contributed by atoms with Crippen molar-refractivity contribution >= 4 is 5.97 Å². The monoisotopic (exact) mass is 463 g/mol. The van der Waals surface area contributed by atoms with Crippen LogP contribution in [0.2, 0.25) is 0 Å². The summed E-state index contributed by atoms with van der Waals surface area (Å²) in [4.78, 5) is 12.9. The summed E-state index contributed by atoms with van der Waals surface area (Å²) >= 11 is 0. The van der Waals surface area contributed by atoms with Crippen LogP contribution in [0.1, 0.15) is 33.9 Å². The largest absolute Gasteiger partial charge is 0.489 e. The Morgan fingerprint density at radius 3 is 2.17 bits per heavy atom. The van der Waals surface area contributed by atoms with Gasteiger partial charge in [-0.25, -0.2) is 0 Å². The molecule has 0 aliphatic carbocycles. The smallest absolute Gasteiger partial charge is 0.323 e. The van der Waals surface area contributed by atoms with Crippen LogP contribution in [-0.2, 0) is 35.6 Å². The third-order valence-electron chi connectivity index (χ3n) is 6.35. The third-order valence-corrected chi connectivity index (χ3v) is 6.35. The van der Waals surface area contributed by atoms with Gasteiger partial charge in [0.25, 0.3) is 0 Å². The van der Waals surface area contributed by atoms with Gasteiger partial charge < -0.3 is 9.47 Å². The lowest BCUT2D eigenvalue weighted by molar-refractivity contribution is -0.148. The van der Waals surface area contributed by atoms with Crippen LogP contribution in [0.5, 0.6) is 5.75 Å². The van der Waals surface area contributed by atoms with E-state index in [1.54, 1.807) is 0 Å². The van der Waals surface area contributed by atoms with Gasteiger partial charge in [-0.3, -0.25) is 10.1 Å². The predicted molar refractivity (Wildman–Crippen MR) is 137 cm³/mol. The highest BCUT2D eigenvalue weighted by atomic mass is 16.5. The number of hydrogen-bond donors (Lipinski definition) is 1. The highest BCUT2D eigenvalue weighted by Gasteiger charge is 2.31. The van der Waals surface area contributed by atoms with Crippen molar-refractivity contribution in [3.8, 4) is 5.75 Å². The van der Waals surface area contributed by atoms with E-state index < -0.39 is 0 Å². The van der Waals surface area contributed by atoms with Gasteiger partial charge in [-0.2, -0.15) is 0 Å². The summed E-state index contributed by atoms with van der Waals surface area (Å²) in [6, 6.07) is 36.1. The molecule has 4 aromatic carbocycles. The first-order chi connectivity index (χ1) is 17.2. The highest BCUT2D eigenvalue weighted by Crippen LogP contribution is 2.29. The second kappa shape index (κ2) is 11.0.